The maximum atomic E-state index is 11.1. The highest BCUT2D eigenvalue weighted by atomic mass is 32.2. The van der Waals surface area contributed by atoms with E-state index < -0.39 is 10.1 Å². The van der Waals surface area contributed by atoms with Crippen molar-refractivity contribution in [3.05, 3.63) is 48.0 Å². The first-order chi connectivity index (χ1) is 10.9. The molecule has 0 saturated carbocycles. The van der Waals surface area contributed by atoms with Crippen molar-refractivity contribution in [3.63, 3.8) is 0 Å². The van der Waals surface area contributed by atoms with E-state index in [2.05, 4.69) is 19.6 Å². The second-order valence-corrected chi connectivity index (χ2v) is 6.44. The summed E-state index contributed by atoms with van der Waals surface area (Å²) in [5.41, 5.74) is 1.08. The van der Waals surface area contributed by atoms with Crippen molar-refractivity contribution >= 4 is 33.5 Å². The van der Waals surface area contributed by atoms with Crippen LogP contribution in [0, 0.1) is 6.92 Å². The summed E-state index contributed by atoms with van der Waals surface area (Å²) in [6.45, 7) is 1.52. The van der Waals surface area contributed by atoms with E-state index in [0.29, 0.717) is 16.1 Å². The fraction of sp³-hybridized carbons (Fsp3) is 0.0769. The normalized spacial score (nSPS) is 12.0. The minimum absolute atomic E-state index is 0.242. The molecule has 0 heterocycles. The van der Waals surface area contributed by atoms with E-state index in [0.717, 1.165) is 12.0 Å². The molecular weight excluding hydrogens is 344 g/mol. The molecule has 0 aromatic heterocycles. The topological polar surface area (TPSA) is 123 Å². The SMILES string of the molecule is Cc1ccc(N=Nc2ccc(SOO[O-])cc2)cc1S(=O)(=O)[O-]. The molecule has 2 aromatic rings. The van der Waals surface area contributed by atoms with Gasteiger partial charge >= 0.3 is 0 Å². The van der Waals surface area contributed by atoms with E-state index >= 15 is 0 Å². The van der Waals surface area contributed by atoms with Gasteiger partial charge in [-0.1, -0.05) is 6.07 Å². The lowest BCUT2D eigenvalue weighted by Crippen LogP contribution is -2.00. The minimum Gasteiger partial charge on any atom is -0.744 e. The fourth-order valence-corrected chi connectivity index (χ4v) is 2.74. The largest absolute Gasteiger partial charge is 0.744 e. The summed E-state index contributed by atoms with van der Waals surface area (Å²) in [5.74, 6) is 0. The Morgan fingerprint density at radius 1 is 1.04 bits per heavy atom. The van der Waals surface area contributed by atoms with Crippen molar-refractivity contribution in [2.75, 3.05) is 0 Å². The Balaban J connectivity index is 2.17. The molecule has 0 bridgehead atoms. The Kier molecular flexibility index (Phi) is 5.82. The third-order valence-electron chi connectivity index (χ3n) is 2.72. The number of hydrogen-bond acceptors (Lipinski definition) is 9. The summed E-state index contributed by atoms with van der Waals surface area (Å²) in [6.07, 6.45) is 0. The van der Waals surface area contributed by atoms with Gasteiger partial charge < -0.3 is 9.81 Å². The van der Waals surface area contributed by atoms with Gasteiger partial charge in [0.15, 0.2) is 0 Å². The van der Waals surface area contributed by atoms with Crippen LogP contribution in [0.25, 0.3) is 0 Å². The average Bonchev–Trinajstić information content (AvgIpc) is 2.52. The number of rotatable bonds is 6. The van der Waals surface area contributed by atoms with Crippen molar-refractivity contribution in [2.24, 2.45) is 10.2 Å². The second kappa shape index (κ2) is 7.64. The quantitative estimate of drug-likeness (QED) is 0.257. The molecule has 0 radical (unpaired) electrons. The van der Waals surface area contributed by atoms with Gasteiger partial charge in [-0.05, 0) is 48.9 Å². The first kappa shape index (κ1) is 17.5. The summed E-state index contributed by atoms with van der Waals surface area (Å²) in [4.78, 5) is 0.297. The van der Waals surface area contributed by atoms with Crippen LogP contribution in [0.15, 0.2) is 62.5 Å². The molecule has 0 aliphatic carbocycles. The fourth-order valence-electron chi connectivity index (χ4n) is 1.66. The molecule has 23 heavy (non-hydrogen) atoms. The zero-order valence-corrected chi connectivity index (χ0v) is 13.3. The van der Waals surface area contributed by atoms with E-state index in [1.54, 1.807) is 30.3 Å². The van der Waals surface area contributed by atoms with Gasteiger partial charge in [-0.15, -0.1) is 0 Å². The first-order valence-corrected chi connectivity index (χ1v) is 8.26. The summed E-state index contributed by atoms with van der Waals surface area (Å²) in [6, 6.07) is 10.7. The predicted octanol–water partition coefficient (Wildman–Crippen LogP) is 2.55. The number of aryl methyl sites for hydroxylation is 1. The maximum absolute atomic E-state index is 11.1. The summed E-state index contributed by atoms with van der Waals surface area (Å²) < 4.78 is 37.6. The van der Waals surface area contributed by atoms with Crippen molar-refractivity contribution < 1.29 is 27.6 Å². The minimum atomic E-state index is -4.56. The van der Waals surface area contributed by atoms with Gasteiger partial charge in [-0.2, -0.15) is 14.6 Å². The van der Waals surface area contributed by atoms with E-state index in [9.17, 15) is 18.2 Å². The van der Waals surface area contributed by atoms with Crippen molar-refractivity contribution in [2.45, 2.75) is 16.7 Å². The highest BCUT2D eigenvalue weighted by Gasteiger charge is 2.06. The zero-order valence-electron chi connectivity index (χ0n) is 11.7. The predicted molar refractivity (Wildman–Crippen MR) is 77.8 cm³/mol. The molecule has 2 aromatic carbocycles. The standard InChI is InChI=1S/C13H12N2O6S2/c1-9-2-3-11(8-13(9)23(17,18)19)15-14-10-4-6-12(7-5-10)22-21-20-16/h2-8,16H,1H3,(H,17,18,19)/p-2. The Morgan fingerprint density at radius 2 is 1.65 bits per heavy atom. The molecule has 10 heteroatoms. The highest BCUT2D eigenvalue weighted by Crippen LogP contribution is 2.26. The van der Waals surface area contributed by atoms with E-state index in [-0.39, 0.29) is 10.6 Å². The average molecular weight is 354 g/mol. The lowest BCUT2D eigenvalue weighted by Gasteiger charge is -2.10. The molecule has 0 saturated heterocycles. The van der Waals surface area contributed by atoms with Crippen LogP contribution in [-0.4, -0.2) is 13.0 Å². The smallest absolute Gasteiger partial charge is 0.124 e. The first-order valence-electron chi connectivity index (χ1n) is 6.11. The lowest BCUT2D eigenvalue weighted by molar-refractivity contribution is -0.777. The van der Waals surface area contributed by atoms with Crippen LogP contribution in [0.1, 0.15) is 5.56 Å². The molecular formula is C13H10N2O6S2-2. The Labute approximate surface area is 136 Å². The van der Waals surface area contributed by atoms with Gasteiger partial charge in [0.25, 0.3) is 0 Å². The van der Waals surface area contributed by atoms with Crippen LogP contribution in [0.5, 0.6) is 0 Å². The molecule has 122 valence electrons. The maximum Gasteiger partial charge on any atom is 0.124 e. The molecule has 0 spiro atoms. The molecule has 0 N–H and O–H groups in total. The summed E-state index contributed by atoms with van der Waals surface area (Å²) >= 11 is 0.741. The van der Waals surface area contributed by atoms with Gasteiger partial charge in [-0.25, -0.2) is 8.42 Å². The molecule has 2 rings (SSSR count). The van der Waals surface area contributed by atoms with E-state index in [4.69, 9.17) is 0 Å². The molecule has 0 aliphatic rings. The lowest BCUT2D eigenvalue weighted by atomic mass is 10.2. The monoisotopic (exact) mass is 354 g/mol. The van der Waals surface area contributed by atoms with Crippen LogP contribution < -0.4 is 5.26 Å². The van der Waals surface area contributed by atoms with Crippen LogP contribution in [0.3, 0.4) is 0 Å². The highest BCUT2D eigenvalue weighted by molar-refractivity contribution is 7.94. The summed E-state index contributed by atoms with van der Waals surface area (Å²) in [5, 5.41) is 20.8. The number of azo groups is 1. The molecule has 0 unspecified atom stereocenters. The van der Waals surface area contributed by atoms with Crippen LogP contribution >= 0.6 is 12.0 Å². The van der Waals surface area contributed by atoms with Gasteiger partial charge in [0.1, 0.15) is 10.1 Å². The third kappa shape index (κ3) is 5.10. The number of benzene rings is 2. The zero-order chi connectivity index (χ0) is 16.9. The van der Waals surface area contributed by atoms with Gasteiger partial charge in [0, 0.05) is 4.90 Å². The Bertz CT molecular complexity index is 806. The van der Waals surface area contributed by atoms with Crippen LogP contribution in [-0.2, 0) is 19.5 Å². The second-order valence-electron chi connectivity index (χ2n) is 4.32. The molecule has 0 aliphatic heterocycles. The van der Waals surface area contributed by atoms with Gasteiger partial charge in [-0.3, -0.25) is 5.04 Å². The van der Waals surface area contributed by atoms with E-state index in [1.807, 2.05) is 0 Å². The summed E-state index contributed by atoms with van der Waals surface area (Å²) in [7, 11) is -4.56. The van der Waals surface area contributed by atoms with Crippen LogP contribution in [0.4, 0.5) is 11.4 Å². The van der Waals surface area contributed by atoms with Crippen molar-refractivity contribution in [1.82, 2.24) is 0 Å². The Hall–Kier alpha value is -1.82. The molecule has 0 amide bonds. The van der Waals surface area contributed by atoms with Gasteiger partial charge in [0.05, 0.1) is 28.3 Å². The van der Waals surface area contributed by atoms with Crippen molar-refractivity contribution in [1.29, 1.82) is 0 Å². The Morgan fingerprint density at radius 3 is 2.26 bits per heavy atom. The number of nitrogens with zero attached hydrogens (tertiary/aromatic N) is 2. The molecule has 0 atom stereocenters. The van der Waals surface area contributed by atoms with Crippen LogP contribution in [0.2, 0.25) is 0 Å². The third-order valence-corrected chi connectivity index (χ3v) is 4.28. The van der Waals surface area contributed by atoms with E-state index in [1.165, 1.54) is 19.1 Å². The van der Waals surface area contributed by atoms with Gasteiger partial charge in [0.2, 0.25) is 0 Å². The molecule has 8 nitrogen and oxygen atoms in total. The van der Waals surface area contributed by atoms with Crippen molar-refractivity contribution in [3.8, 4) is 0 Å². The molecule has 0 fully saturated rings. The number of hydrogen-bond donors (Lipinski definition) is 0.